The third-order valence-electron chi connectivity index (χ3n) is 5.90. The van der Waals surface area contributed by atoms with Crippen LogP contribution in [0.2, 0.25) is 0 Å². The van der Waals surface area contributed by atoms with E-state index in [0.717, 1.165) is 19.3 Å². The fraction of sp³-hybridized carbons (Fsp3) is 0.609. The van der Waals surface area contributed by atoms with Crippen molar-refractivity contribution in [1.29, 1.82) is 0 Å². The average Bonchev–Trinajstić information content (AvgIpc) is 3.16. The highest BCUT2D eigenvalue weighted by Gasteiger charge is 2.50. The first kappa shape index (κ1) is 21.0. The monoisotopic (exact) mass is 388 g/mol. The Bertz CT molecular complexity index is 669. The van der Waals surface area contributed by atoms with Gasteiger partial charge in [0.05, 0.1) is 17.3 Å². The highest BCUT2D eigenvalue weighted by Crippen LogP contribution is 2.45. The fourth-order valence-corrected chi connectivity index (χ4v) is 4.35. The minimum absolute atomic E-state index is 0.0764. The maximum Gasteiger partial charge on any atom is 0.338 e. The molecule has 5 heteroatoms. The summed E-state index contributed by atoms with van der Waals surface area (Å²) in [4.78, 5) is 12.5. The Balaban J connectivity index is 1.70. The molecule has 3 unspecified atom stereocenters. The molecule has 2 N–H and O–H groups in total. The third-order valence-corrected chi connectivity index (χ3v) is 5.90. The summed E-state index contributed by atoms with van der Waals surface area (Å²) < 4.78 is 11.4. The Morgan fingerprint density at radius 2 is 2.04 bits per heavy atom. The van der Waals surface area contributed by atoms with Gasteiger partial charge in [0.15, 0.2) is 6.29 Å². The van der Waals surface area contributed by atoms with Crippen molar-refractivity contribution in [3.8, 4) is 0 Å². The van der Waals surface area contributed by atoms with Gasteiger partial charge in [0.2, 0.25) is 0 Å². The van der Waals surface area contributed by atoms with Crippen LogP contribution in [0.15, 0.2) is 42.5 Å². The lowest BCUT2D eigenvalue weighted by molar-refractivity contribution is -0.0955. The van der Waals surface area contributed by atoms with E-state index in [4.69, 9.17) is 9.47 Å². The molecule has 1 aromatic carbocycles. The highest BCUT2D eigenvalue weighted by atomic mass is 16.6. The zero-order valence-electron chi connectivity index (χ0n) is 16.8. The van der Waals surface area contributed by atoms with Gasteiger partial charge in [-0.15, -0.1) is 0 Å². The van der Waals surface area contributed by atoms with Crippen molar-refractivity contribution >= 4 is 5.97 Å². The van der Waals surface area contributed by atoms with Gasteiger partial charge >= 0.3 is 5.97 Å². The molecule has 0 radical (unpaired) electrons. The Morgan fingerprint density at radius 1 is 1.29 bits per heavy atom. The molecule has 2 aliphatic rings. The second kappa shape index (κ2) is 9.21. The molecule has 0 spiro atoms. The number of hydrogen-bond acceptors (Lipinski definition) is 5. The number of carbonyl (C=O) groups excluding carboxylic acids is 1. The largest absolute Gasteiger partial charge is 0.458 e. The molecule has 1 saturated carbocycles. The first-order valence-corrected chi connectivity index (χ1v) is 10.4. The van der Waals surface area contributed by atoms with Crippen LogP contribution in [0.25, 0.3) is 0 Å². The van der Waals surface area contributed by atoms with Gasteiger partial charge in [-0.2, -0.15) is 0 Å². The van der Waals surface area contributed by atoms with Crippen LogP contribution >= 0.6 is 0 Å². The summed E-state index contributed by atoms with van der Waals surface area (Å²) in [5.41, 5.74) is -0.367. The van der Waals surface area contributed by atoms with E-state index in [1.807, 2.05) is 37.3 Å². The Morgan fingerprint density at radius 3 is 2.75 bits per heavy atom. The number of unbranched alkanes of at least 4 members (excludes halogenated alkanes) is 2. The lowest BCUT2D eigenvalue weighted by atomic mass is 9.89. The number of aliphatic hydroxyl groups excluding tert-OH is 1. The summed E-state index contributed by atoms with van der Waals surface area (Å²) in [6, 6.07) is 8.95. The molecule has 3 rings (SSSR count). The fourth-order valence-electron chi connectivity index (χ4n) is 4.35. The van der Waals surface area contributed by atoms with Crippen LogP contribution in [0, 0.1) is 11.8 Å². The number of fused-ring (bicyclic) bond motifs is 1. The SMILES string of the molecule is CCCCCC(C)(O)C=C[C@@H]1C2CC(O)O[C@H]2C[C@H]1OC(=O)c1ccccc1. The van der Waals surface area contributed by atoms with Crippen LogP contribution in [-0.4, -0.2) is 40.3 Å². The summed E-state index contributed by atoms with van der Waals surface area (Å²) in [7, 11) is 0. The summed E-state index contributed by atoms with van der Waals surface area (Å²) in [6.45, 7) is 3.96. The van der Waals surface area contributed by atoms with Gasteiger partial charge in [-0.05, 0) is 31.4 Å². The van der Waals surface area contributed by atoms with Crippen LogP contribution in [-0.2, 0) is 9.47 Å². The standard InChI is InChI=1S/C23H32O5/c1-3-4-8-12-23(2,26)13-11-17-18-14-21(24)27-20(18)15-19(17)28-22(25)16-9-6-5-7-10-16/h5-7,9-11,13,17-21,24,26H,3-4,8,12,14-15H2,1-2H3/t17-,18?,19-,20+,21?,23?/m1/s1. The van der Waals surface area contributed by atoms with E-state index in [9.17, 15) is 15.0 Å². The molecule has 6 atom stereocenters. The van der Waals surface area contributed by atoms with E-state index in [1.165, 1.54) is 0 Å². The van der Waals surface area contributed by atoms with E-state index < -0.39 is 11.9 Å². The van der Waals surface area contributed by atoms with Crippen molar-refractivity contribution in [2.45, 2.75) is 76.5 Å². The van der Waals surface area contributed by atoms with E-state index in [0.29, 0.717) is 24.8 Å². The minimum atomic E-state index is -0.890. The van der Waals surface area contributed by atoms with Crippen LogP contribution < -0.4 is 0 Å². The van der Waals surface area contributed by atoms with Crippen LogP contribution in [0.1, 0.15) is 62.7 Å². The predicted molar refractivity (Wildman–Crippen MR) is 107 cm³/mol. The molecular weight excluding hydrogens is 356 g/mol. The van der Waals surface area contributed by atoms with Crippen LogP contribution in [0.4, 0.5) is 0 Å². The predicted octanol–water partition coefficient (Wildman–Crippen LogP) is 3.84. The normalized spacial score (nSPS) is 31.6. The maximum absolute atomic E-state index is 12.5. The Hall–Kier alpha value is -1.69. The first-order valence-electron chi connectivity index (χ1n) is 10.4. The van der Waals surface area contributed by atoms with Crippen molar-refractivity contribution in [2.24, 2.45) is 11.8 Å². The summed E-state index contributed by atoms with van der Waals surface area (Å²) in [6.07, 6.45) is 7.57. The molecular formula is C23H32O5. The van der Waals surface area contributed by atoms with Crippen molar-refractivity contribution in [3.05, 3.63) is 48.0 Å². The molecule has 0 amide bonds. The zero-order valence-corrected chi connectivity index (χ0v) is 16.8. The number of benzene rings is 1. The second-order valence-electron chi connectivity index (χ2n) is 8.32. The Labute approximate surface area is 167 Å². The van der Waals surface area contributed by atoms with Crippen molar-refractivity contribution < 1.29 is 24.5 Å². The molecule has 154 valence electrons. The van der Waals surface area contributed by atoms with E-state index >= 15 is 0 Å². The number of esters is 1. The van der Waals surface area contributed by atoms with Gasteiger partial charge in [-0.25, -0.2) is 4.79 Å². The van der Waals surface area contributed by atoms with Gasteiger partial charge in [0, 0.05) is 18.8 Å². The van der Waals surface area contributed by atoms with Gasteiger partial charge in [-0.3, -0.25) is 0 Å². The average molecular weight is 389 g/mol. The molecule has 1 aliphatic heterocycles. The quantitative estimate of drug-likeness (QED) is 0.402. The molecule has 5 nitrogen and oxygen atoms in total. The minimum Gasteiger partial charge on any atom is -0.458 e. The first-order chi connectivity index (χ1) is 13.4. The van der Waals surface area contributed by atoms with Crippen molar-refractivity contribution in [3.63, 3.8) is 0 Å². The van der Waals surface area contributed by atoms with Crippen LogP contribution in [0.3, 0.4) is 0 Å². The molecule has 2 fully saturated rings. The van der Waals surface area contributed by atoms with Gasteiger partial charge < -0.3 is 19.7 Å². The molecule has 0 bridgehead atoms. The van der Waals surface area contributed by atoms with Gasteiger partial charge in [0.1, 0.15) is 6.10 Å². The third kappa shape index (κ3) is 5.22. The molecule has 28 heavy (non-hydrogen) atoms. The lowest BCUT2D eigenvalue weighted by Crippen LogP contribution is -2.27. The second-order valence-corrected chi connectivity index (χ2v) is 8.32. The lowest BCUT2D eigenvalue weighted by Gasteiger charge is -2.24. The number of aliphatic hydroxyl groups is 2. The van der Waals surface area contributed by atoms with Crippen LogP contribution in [0.5, 0.6) is 0 Å². The van der Waals surface area contributed by atoms with Gasteiger partial charge in [0.25, 0.3) is 0 Å². The number of hydrogen-bond donors (Lipinski definition) is 2. The summed E-state index contributed by atoms with van der Waals surface area (Å²) in [5.74, 6) is -0.335. The number of rotatable bonds is 8. The molecule has 0 aromatic heterocycles. The molecule has 1 saturated heterocycles. The Kier molecular flexibility index (Phi) is 6.91. The highest BCUT2D eigenvalue weighted by molar-refractivity contribution is 5.89. The molecule has 1 aromatic rings. The topological polar surface area (TPSA) is 76.0 Å². The number of carbonyl (C=O) groups is 1. The molecule has 1 aliphatic carbocycles. The molecule has 1 heterocycles. The summed E-state index contributed by atoms with van der Waals surface area (Å²) >= 11 is 0. The summed E-state index contributed by atoms with van der Waals surface area (Å²) in [5, 5.41) is 20.5. The van der Waals surface area contributed by atoms with Gasteiger partial charge in [-0.1, -0.05) is 56.5 Å². The van der Waals surface area contributed by atoms with Crippen molar-refractivity contribution in [1.82, 2.24) is 0 Å². The number of ether oxygens (including phenoxy) is 2. The maximum atomic E-state index is 12.5. The van der Waals surface area contributed by atoms with E-state index in [1.54, 1.807) is 12.1 Å². The van der Waals surface area contributed by atoms with E-state index in [2.05, 4.69) is 6.92 Å². The van der Waals surface area contributed by atoms with Crippen molar-refractivity contribution in [2.75, 3.05) is 0 Å². The van der Waals surface area contributed by atoms with E-state index in [-0.39, 0.29) is 30.0 Å². The zero-order chi connectivity index (χ0) is 20.1. The smallest absolute Gasteiger partial charge is 0.338 e.